The maximum absolute atomic E-state index is 12.6. The van der Waals surface area contributed by atoms with E-state index in [1.54, 1.807) is 6.07 Å². The van der Waals surface area contributed by atoms with Crippen LogP contribution in [0.25, 0.3) is 0 Å². The molecule has 1 aliphatic rings. The first-order chi connectivity index (χ1) is 18.0. The predicted molar refractivity (Wildman–Crippen MR) is 145 cm³/mol. The number of benzene rings is 3. The summed E-state index contributed by atoms with van der Waals surface area (Å²) in [6, 6.07) is 25.1. The quantitative estimate of drug-likeness (QED) is 0.168. The van der Waals surface area contributed by atoms with Crippen molar-refractivity contribution in [3.8, 4) is 11.5 Å². The Kier molecular flexibility index (Phi) is 7.77. The van der Waals surface area contributed by atoms with E-state index in [1.807, 2.05) is 72.6 Å². The summed E-state index contributed by atoms with van der Waals surface area (Å²) in [4.78, 5) is 23.7. The van der Waals surface area contributed by atoms with Gasteiger partial charge in [-0.2, -0.15) is 0 Å². The molecule has 1 N–H and O–H groups in total. The summed E-state index contributed by atoms with van der Waals surface area (Å²) in [5.41, 5.74) is 3.79. The molecule has 1 aliphatic heterocycles. The third-order valence-corrected chi connectivity index (χ3v) is 6.90. The fraction of sp³-hybridized carbons (Fsp3) is 0.179. The number of hydrogen-bond donors (Lipinski definition) is 1. The summed E-state index contributed by atoms with van der Waals surface area (Å²) in [5.74, 6) is 2.71. The van der Waals surface area contributed by atoms with Crippen molar-refractivity contribution in [1.29, 1.82) is 0 Å². The highest BCUT2D eigenvalue weighted by molar-refractivity contribution is 7.98. The number of fused-ring (bicyclic) bond motifs is 1. The molecule has 0 saturated carbocycles. The highest BCUT2D eigenvalue weighted by Crippen LogP contribution is 2.32. The van der Waals surface area contributed by atoms with Gasteiger partial charge in [-0.1, -0.05) is 71.9 Å². The van der Waals surface area contributed by atoms with E-state index in [9.17, 15) is 4.79 Å². The number of hydrogen-bond acceptors (Lipinski definition) is 7. The van der Waals surface area contributed by atoms with Crippen molar-refractivity contribution in [2.24, 2.45) is 0 Å². The van der Waals surface area contributed by atoms with Crippen molar-refractivity contribution in [2.45, 2.75) is 24.0 Å². The largest absolute Gasteiger partial charge is 0.454 e. The molecule has 0 spiro atoms. The summed E-state index contributed by atoms with van der Waals surface area (Å²) in [6.07, 6.45) is 0. The molecule has 4 aromatic rings. The Morgan fingerprint density at radius 1 is 0.946 bits per heavy atom. The highest BCUT2D eigenvalue weighted by Gasteiger charge is 2.14. The molecular formula is C28H25ClN4O3S. The van der Waals surface area contributed by atoms with E-state index in [0.717, 1.165) is 29.2 Å². The predicted octanol–water partition coefficient (Wildman–Crippen LogP) is 5.72. The first kappa shape index (κ1) is 24.9. The fourth-order valence-corrected chi connectivity index (χ4v) is 4.86. The summed E-state index contributed by atoms with van der Waals surface area (Å²) >= 11 is 7.79. The van der Waals surface area contributed by atoms with Gasteiger partial charge in [0.1, 0.15) is 11.0 Å². The molecule has 0 atom stereocenters. The Balaban J connectivity index is 1.15. The fourth-order valence-electron chi connectivity index (χ4n) is 3.82. The van der Waals surface area contributed by atoms with Gasteiger partial charge in [-0.05, 0) is 41.0 Å². The van der Waals surface area contributed by atoms with Gasteiger partial charge >= 0.3 is 0 Å². The third kappa shape index (κ3) is 6.53. The number of carbonyl (C=O) groups excluding carboxylic acids is 1. The van der Waals surface area contributed by atoms with Gasteiger partial charge in [-0.25, -0.2) is 9.97 Å². The highest BCUT2D eigenvalue weighted by atomic mass is 35.5. The molecule has 0 fully saturated rings. The van der Waals surface area contributed by atoms with Gasteiger partial charge in [0.25, 0.3) is 5.91 Å². The molecule has 0 saturated heterocycles. The second-order valence-electron chi connectivity index (χ2n) is 8.53. The zero-order chi connectivity index (χ0) is 25.6. The Hall–Kier alpha value is -3.75. The molecule has 0 radical (unpaired) electrons. The molecule has 0 bridgehead atoms. The molecule has 0 aliphatic carbocycles. The van der Waals surface area contributed by atoms with Gasteiger partial charge < -0.3 is 19.7 Å². The molecule has 3 aromatic carbocycles. The zero-order valence-corrected chi connectivity index (χ0v) is 21.8. The number of thioether (sulfide) groups is 1. The maximum atomic E-state index is 12.6. The van der Waals surface area contributed by atoms with Gasteiger partial charge in [0.2, 0.25) is 6.79 Å². The lowest BCUT2D eigenvalue weighted by atomic mass is 10.1. The Morgan fingerprint density at radius 2 is 1.70 bits per heavy atom. The van der Waals surface area contributed by atoms with E-state index in [4.69, 9.17) is 21.1 Å². The SMILES string of the molecule is CN(Cc1ccccc1)c1cc(Cl)nc(SCc2ccc(C(=O)NCc3ccc4c(c3)OCO4)cc2)n1. The molecule has 1 amide bonds. The number of ether oxygens (including phenoxy) is 2. The first-order valence-electron chi connectivity index (χ1n) is 11.7. The second-order valence-corrected chi connectivity index (χ2v) is 9.86. The van der Waals surface area contributed by atoms with Crippen molar-refractivity contribution in [3.05, 3.63) is 106 Å². The molecule has 37 heavy (non-hydrogen) atoms. The standard InChI is InChI=1S/C28H25ClN4O3S/c1-33(16-19-5-3-2-4-6-19)26-14-25(29)31-28(32-26)37-17-20-7-10-22(11-8-20)27(34)30-15-21-9-12-23-24(13-21)36-18-35-23/h2-14H,15-18H2,1H3,(H,30,34). The molecule has 1 aromatic heterocycles. The molecule has 2 heterocycles. The second kappa shape index (κ2) is 11.5. The lowest BCUT2D eigenvalue weighted by Crippen LogP contribution is -2.22. The number of anilines is 1. The van der Waals surface area contributed by atoms with Crippen LogP contribution in [-0.4, -0.2) is 29.7 Å². The monoisotopic (exact) mass is 532 g/mol. The van der Waals surface area contributed by atoms with Crippen LogP contribution in [0.2, 0.25) is 5.15 Å². The van der Waals surface area contributed by atoms with Crippen LogP contribution in [0.5, 0.6) is 11.5 Å². The number of rotatable bonds is 9. The van der Waals surface area contributed by atoms with Crippen LogP contribution in [0, 0.1) is 0 Å². The van der Waals surface area contributed by atoms with Crippen LogP contribution < -0.4 is 19.7 Å². The number of aromatic nitrogens is 2. The molecular weight excluding hydrogens is 508 g/mol. The topological polar surface area (TPSA) is 76.6 Å². The lowest BCUT2D eigenvalue weighted by Gasteiger charge is -2.19. The van der Waals surface area contributed by atoms with E-state index in [-0.39, 0.29) is 12.7 Å². The van der Waals surface area contributed by atoms with Crippen molar-refractivity contribution < 1.29 is 14.3 Å². The van der Waals surface area contributed by atoms with Crippen LogP contribution in [0.1, 0.15) is 27.0 Å². The van der Waals surface area contributed by atoms with E-state index in [2.05, 4.69) is 27.4 Å². The number of nitrogens with one attached hydrogen (secondary N) is 1. The Morgan fingerprint density at radius 3 is 2.51 bits per heavy atom. The van der Waals surface area contributed by atoms with Crippen LogP contribution >= 0.6 is 23.4 Å². The van der Waals surface area contributed by atoms with E-state index >= 15 is 0 Å². The van der Waals surface area contributed by atoms with Gasteiger partial charge in [0.05, 0.1) is 0 Å². The van der Waals surface area contributed by atoms with Crippen molar-refractivity contribution >= 4 is 35.1 Å². The van der Waals surface area contributed by atoms with E-state index in [1.165, 1.54) is 17.3 Å². The number of halogens is 1. The summed E-state index contributed by atoms with van der Waals surface area (Å²) in [5, 5.41) is 3.95. The Bertz CT molecular complexity index is 1390. The summed E-state index contributed by atoms with van der Waals surface area (Å²) in [7, 11) is 1.98. The van der Waals surface area contributed by atoms with E-state index in [0.29, 0.717) is 33.9 Å². The zero-order valence-electron chi connectivity index (χ0n) is 20.2. The van der Waals surface area contributed by atoms with Gasteiger partial charge in [0.15, 0.2) is 16.7 Å². The van der Waals surface area contributed by atoms with Gasteiger partial charge in [-0.15, -0.1) is 0 Å². The first-order valence-corrected chi connectivity index (χ1v) is 13.1. The summed E-state index contributed by atoms with van der Waals surface area (Å²) < 4.78 is 10.7. The minimum absolute atomic E-state index is 0.138. The normalized spacial score (nSPS) is 11.8. The average molecular weight is 533 g/mol. The number of nitrogens with zero attached hydrogens (tertiary/aromatic N) is 3. The van der Waals surface area contributed by atoms with Crippen LogP contribution in [-0.2, 0) is 18.8 Å². The van der Waals surface area contributed by atoms with Crippen LogP contribution in [0.4, 0.5) is 5.82 Å². The molecule has 9 heteroatoms. The van der Waals surface area contributed by atoms with Crippen LogP contribution in [0.15, 0.2) is 84.0 Å². The minimum Gasteiger partial charge on any atom is -0.454 e. The van der Waals surface area contributed by atoms with Crippen LogP contribution in [0.3, 0.4) is 0 Å². The number of carbonyl (C=O) groups is 1. The number of amides is 1. The van der Waals surface area contributed by atoms with Crippen molar-refractivity contribution in [1.82, 2.24) is 15.3 Å². The maximum Gasteiger partial charge on any atom is 0.251 e. The molecule has 5 rings (SSSR count). The van der Waals surface area contributed by atoms with Crippen molar-refractivity contribution in [2.75, 3.05) is 18.7 Å². The molecule has 7 nitrogen and oxygen atoms in total. The third-order valence-electron chi connectivity index (χ3n) is 5.79. The van der Waals surface area contributed by atoms with Gasteiger partial charge in [0, 0.05) is 37.5 Å². The lowest BCUT2D eigenvalue weighted by molar-refractivity contribution is 0.0951. The Labute approximate surface area is 224 Å². The molecule has 188 valence electrons. The smallest absolute Gasteiger partial charge is 0.251 e. The molecule has 0 unspecified atom stereocenters. The average Bonchev–Trinajstić information content (AvgIpc) is 3.39. The van der Waals surface area contributed by atoms with Gasteiger partial charge in [-0.3, -0.25) is 4.79 Å². The minimum atomic E-state index is -0.138. The van der Waals surface area contributed by atoms with E-state index < -0.39 is 0 Å². The van der Waals surface area contributed by atoms with Crippen molar-refractivity contribution in [3.63, 3.8) is 0 Å². The summed E-state index contributed by atoms with van der Waals surface area (Å²) in [6.45, 7) is 1.35.